The molecule has 3 N–H and O–H groups in total. The van der Waals surface area contributed by atoms with Gasteiger partial charge in [-0.15, -0.1) is 0 Å². The highest BCUT2D eigenvalue weighted by Crippen LogP contribution is 2.73. The normalized spacial score (nSPS) is 51.7. The molecule has 3 saturated carbocycles. The predicted octanol–water partition coefficient (Wildman–Crippen LogP) is 5.58. The second kappa shape index (κ2) is 8.04. The van der Waals surface area contributed by atoms with E-state index >= 15 is 0 Å². The van der Waals surface area contributed by atoms with Gasteiger partial charge in [0.05, 0.1) is 30.3 Å². The molecule has 5 aliphatic rings. The number of carbonyl (C=O) groups is 1. The van der Waals surface area contributed by atoms with E-state index in [1.807, 2.05) is 0 Å². The van der Waals surface area contributed by atoms with Gasteiger partial charge >= 0.3 is 5.97 Å². The van der Waals surface area contributed by atoms with Crippen LogP contribution in [0.15, 0.2) is 11.6 Å². The Morgan fingerprint density at radius 3 is 2.31 bits per heavy atom. The maximum Gasteiger partial charge on any atom is 0.309 e. The fourth-order valence-electron chi connectivity index (χ4n) is 10.2. The van der Waals surface area contributed by atoms with Crippen molar-refractivity contribution in [1.29, 1.82) is 0 Å². The predicted molar refractivity (Wildman–Crippen MR) is 136 cm³/mol. The largest absolute Gasteiger partial charge is 0.481 e. The quantitative estimate of drug-likeness (QED) is 0.450. The number of aliphatic carboxylic acids is 1. The lowest BCUT2D eigenvalue weighted by Gasteiger charge is -2.64. The van der Waals surface area contributed by atoms with Crippen LogP contribution < -0.4 is 0 Å². The van der Waals surface area contributed by atoms with E-state index in [9.17, 15) is 20.1 Å². The summed E-state index contributed by atoms with van der Waals surface area (Å²) in [5.41, 5.74) is 0.831. The van der Waals surface area contributed by atoms with Crippen LogP contribution >= 0.6 is 0 Å². The molecular weight excluding hydrogens is 440 g/mol. The van der Waals surface area contributed by atoms with E-state index in [2.05, 4.69) is 47.6 Å². The van der Waals surface area contributed by atoms with Crippen molar-refractivity contribution in [2.24, 2.45) is 45.3 Å². The molecule has 4 fully saturated rings. The Balaban J connectivity index is 1.50. The molecule has 5 rings (SSSR count). The minimum atomic E-state index is -0.686. The van der Waals surface area contributed by atoms with Crippen molar-refractivity contribution >= 4 is 5.97 Å². The van der Waals surface area contributed by atoms with Gasteiger partial charge in [-0.3, -0.25) is 4.79 Å². The molecule has 1 aliphatic heterocycles. The summed E-state index contributed by atoms with van der Waals surface area (Å²) in [7, 11) is 0. The zero-order chi connectivity index (χ0) is 25.6. The molecule has 198 valence electrons. The van der Waals surface area contributed by atoms with Crippen LogP contribution in [-0.4, -0.2) is 45.7 Å². The van der Waals surface area contributed by atoms with E-state index in [0.29, 0.717) is 5.92 Å². The van der Waals surface area contributed by atoms with Crippen molar-refractivity contribution in [3.8, 4) is 0 Å². The van der Waals surface area contributed by atoms with E-state index in [1.54, 1.807) is 5.57 Å². The first kappa shape index (κ1) is 25.7. The van der Waals surface area contributed by atoms with Crippen LogP contribution in [-0.2, 0) is 9.53 Å². The molecule has 0 unspecified atom stereocenters. The van der Waals surface area contributed by atoms with Gasteiger partial charge in [0, 0.05) is 5.41 Å². The maximum atomic E-state index is 12.7. The van der Waals surface area contributed by atoms with E-state index in [1.165, 1.54) is 0 Å². The monoisotopic (exact) mass is 488 g/mol. The van der Waals surface area contributed by atoms with Gasteiger partial charge < -0.3 is 20.1 Å². The summed E-state index contributed by atoms with van der Waals surface area (Å²) in [6, 6.07) is 0. The first-order valence-corrected chi connectivity index (χ1v) is 14.1. The Morgan fingerprint density at radius 1 is 1.00 bits per heavy atom. The average Bonchev–Trinajstić information content (AvgIpc) is 3.28. The number of carboxylic acids is 1. The molecule has 1 saturated heterocycles. The summed E-state index contributed by atoms with van der Waals surface area (Å²) in [4.78, 5) is 12.7. The standard InChI is InChI=1S/C30H48O5/c1-26(2)13-11-21(35-26)24(25(33)34)20-10-16-29(5)19-7-8-22-27(3,18(19)9-15-30(20,29)6)14-12-23(32)28(22,4)17-31/h9,19-24,31-32H,7-8,10-17H2,1-6H3,(H,33,34)/t19-,20-,21+,22-,23+,24+,27-,28-,29+,30-/m1/s1. The number of hydrogen-bond donors (Lipinski definition) is 3. The lowest BCUT2D eigenvalue weighted by atomic mass is 9.41. The number of aliphatic hydroxyl groups excluding tert-OH is 2. The van der Waals surface area contributed by atoms with Gasteiger partial charge in [0.1, 0.15) is 0 Å². The summed E-state index contributed by atoms with van der Waals surface area (Å²) in [6.45, 7) is 13.5. The molecular formula is C30H48O5. The van der Waals surface area contributed by atoms with Crippen molar-refractivity contribution in [3.63, 3.8) is 0 Å². The lowest BCUT2D eigenvalue weighted by molar-refractivity contribution is -0.160. The molecule has 10 atom stereocenters. The highest BCUT2D eigenvalue weighted by Gasteiger charge is 2.67. The molecule has 0 bridgehead atoms. The number of rotatable bonds is 4. The summed E-state index contributed by atoms with van der Waals surface area (Å²) in [5.74, 6) is -0.303. The van der Waals surface area contributed by atoms with Crippen molar-refractivity contribution in [1.82, 2.24) is 0 Å². The Morgan fingerprint density at radius 2 is 1.71 bits per heavy atom. The maximum absolute atomic E-state index is 12.7. The molecule has 0 aromatic rings. The molecule has 1 heterocycles. The molecule has 0 spiro atoms. The summed E-state index contributed by atoms with van der Waals surface area (Å²) < 4.78 is 6.34. The third-order valence-corrected chi connectivity index (χ3v) is 12.6. The third-order valence-electron chi connectivity index (χ3n) is 12.6. The molecule has 35 heavy (non-hydrogen) atoms. The van der Waals surface area contributed by atoms with Crippen LogP contribution in [0.2, 0.25) is 0 Å². The van der Waals surface area contributed by atoms with Crippen molar-refractivity contribution in [2.45, 2.75) is 117 Å². The highest BCUT2D eigenvalue weighted by atomic mass is 16.5. The van der Waals surface area contributed by atoms with Crippen molar-refractivity contribution < 1.29 is 24.9 Å². The number of allylic oxidation sites excluding steroid dienone is 2. The first-order chi connectivity index (χ1) is 16.2. The fraction of sp³-hybridized carbons (Fsp3) is 0.900. The van der Waals surface area contributed by atoms with Gasteiger partial charge in [0.15, 0.2) is 0 Å². The Labute approximate surface area is 211 Å². The zero-order valence-corrected chi connectivity index (χ0v) is 22.8. The van der Waals surface area contributed by atoms with E-state index in [0.717, 1.165) is 57.8 Å². The van der Waals surface area contributed by atoms with Gasteiger partial charge in [-0.25, -0.2) is 0 Å². The number of hydrogen-bond acceptors (Lipinski definition) is 4. The van der Waals surface area contributed by atoms with Crippen LogP contribution in [0, 0.1) is 45.3 Å². The van der Waals surface area contributed by atoms with Crippen LogP contribution in [0.1, 0.15) is 99.3 Å². The Kier molecular flexibility index (Phi) is 5.91. The molecule has 5 nitrogen and oxygen atoms in total. The first-order valence-electron chi connectivity index (χ1n) is 14.1. The number of carboxylic acid groups (broad SMARTS) is 1. The van der Waals surface area contributed by atoms with Gasteiger partial charge in [-0.05, 0) is 106 Å². The number of ether oxygens (including phenoxy) is 1. The van der Waals surface area contributed by atoms with Crippen LogP contribution in [0.25, 0.3) is 0 Å². The molecule has 0 aromatic carbocycles. The van der Waals surface area contributed by atoms with Gasteiger partial charge in [-0.1, -0.05) is 39.3 Å². The zero-order valence-electron chi connectivity index (χ0n) is 22.8. The summed E-state index contributed by atoms with van der Waals surface area (Å²) in [6.07, 6.45) is 10.3. The molecule has 0 aromatic heterocycles. The number of aliphatic hydroxyl groups is 2. The Hall–Kier alpha value is -0.910. The van der Waals surface area contributed by atoms with Gasteiger partial charge in [-0.2, -0.15) is 0 Å². The SMILES string of the molecule is CC1(C)CC[C@@H]([C@@H](C(=O)O)[C@H]2CC[C@@]3(C)[C@@H]4CC[C@H]5[C@@](C)(CO)[C@@H](O)CC[C@]5(C)C4=CC[C@]23C)O1. The Bertz CT molecular complexity index is 910. The molecule has 5 heteroatoms. The minimum absolute atomic E-state index is 0.00710. The third kappa shape index (κ3) is 3.39. The second-order valence-corrected chi connectivity index (χ2v) is 14.5. The molecule has 0 radical (unpaired) electrons. The van der Waals surface area contributed by atoms with Gasteiger partial charge in [0.25, 0.3) is 0 Å². The smallest absolute Gasteiger partial charge is 0.309 e. The molecule has 4 aliphatic carbocycles. The summed E-state index contributed by atoms with van der Waals surface area (Å²) in [5, 5.41) is 31.7. The lowest BCUT2D eigenvalue weighted by Crippen LogP contribution is -2.59. The average molecular weight is 489 g/mol. The topological polar surface area (TPSA) is 87.0 Å². The second-order valence-electron chi connectivity index (χ2n) is 14.5. The van der Waals surface area contributed by atoms with Crippen LogP contribution in [0.3, 0.4) is 0 Å². The van der Waals surface area contributed by atoms with Gasteiger partial charge in [0.2, 0.25) is 0 Å². The van der Waals surface area contributed by atoms with E-state index in [-0.39, 0.29) is 46.4 Å². The van der Waals surface area contributed by atoms with Crippen LogP contribution in [0.5, 0.6) is 0 Å². The summed E-state index contributed by atoms with van der Waals surface area (Å²) >= 11 is 0. The van der Waals surface area contributed by atoms with Crippen molar-refractivity contribution in [3.05, 3.63) is 11.6 Å². The number of fused-ring (bicyclic) bond motifs is 5. The van der Waals surface area contributed by atoms with E-state index in [4.69, 9.17) is 4.74 Å². The van der Waals surface area contributed by atoms with Crippen LogP contribution in [0.4, 0.5) is 0 Å². The fourth-order valence-corrected chi connectivity index (χ4v) is 10.2. The molecule has 0 amide bonds. The minimum Gasteiger partial charge on any atom is -0.481 e. The highest BCUT2D eigenvalue weighted by molar-refractivity contribution is 5.71. The van der Waals surface area contributed by atoms with E-state index < -0.39 is 23.4 Å². The van der Waals surface area contributed by atoms with Crippen molar-refractivity contribution in [2.75, 3.05) is 6.61 Å².